The number of carbonyl (C=O) groups is 2. The number of benzene rings is 1. The topological polar surface area (TPSA) is 90.5 Å². The first-order chi connectivity index (χ1) is 12.6. The number of nitrogens with zero attached hydrogens (tertiary/aromatic N) is 3. The fraction of sp³-hybridized carbons (Fsp3) is 0.450. The second-order valence-corrected chi connectivity index (χ2v) is 7.93. The molecule has 7 heteroatoms. The summed E-state index contributed by atoms with van der Waals surface area (Å²) in [6, 6.07) is 7.80. The van der Waals surface area contributed by atoms with E-state index in [4.69, 9.17) is 10.5 Å². The Morgan fingerprint density at radius 3 is 2.70 bits per heavy atom. The van der Waals surface area contributed by atoms with E-state index in [1.807, 2.05) is 52.0 Å². The average molecular weight is 370 g/mol. The molecular weight excluding hydrogens is 344 g/mol. The van der Waals surface area contributed by atoms with Gasteiger partial charge in [-0.05, 0) is 39.7 Å². The molecule has 1 aromatic carbocycles. The molecule has 0 bridgehead atoms. The van der Waals surface area contributed by atoms with Crippen LogP contribution in [0.4, 0.5) is 10.6 Å². The molecule has 1 amide bonds. The van der Waals surface area contributed by atoms with E-state index in [9.17, 15) is 9.59 Å². The van der Waals surface area contributed by atoms with Crippen LogP contribution in [0.3, 0.4) is 0 Å². The lowest BCUT2D eigenvalue weighted by Crippen LogP contribution is -2.39. The highest BCUT2D eigenvalue weighted by atomic mass is 16.6. The molecule has 2 N–H and O–H groups in total. The van der Waals surface area contributed by atoms with Gasteiger partial charge >= 0.3 is 6.09 Å². The number of rotatable bonds is 2. The van der Waals surface area contributed by atoms with E-state index in [2.05, 4.69) is 5.10 Å². The number of hydrogen-bond donors (Lipinski definition) is 1. The van der Waals surface area contributed by atoms with Crippen molar-refractivity contribution in [3.05, 3.63) is 46.6 Å². The minimum Gasteiger partial charge on any atom is -0.444 e. The van der Waals surface area contributed by atoms with Gasteiger partial charge in [0, 0.05) is 12.1 Å². The molecule has 0 saturated heterocycles. The molecule has 0 spiro atoms. The number of nitrogens with two attached hydrogens (primary N) is 1. The maximum atomic E-state index is 12.7. The number of fused-ring (bicyclic) bond motifs is 1. The summed E-state index contributed by atoms with van der Waals surface area (Å²) in [6.07, 6.45) is 0.396. The number of aromatic nitrogens is 2. The number of ether oxygens (including phenoxy) is 1. The van der Waals surface area contributed by atoms with Gasteiger partial charge < -0.3 is 15.4 Å². The normalized spacial score (nSPS) is 14.0. The van der Waals surface area contributed by atoms with Crippen LogP contribution in [0.1, 0.15) is 48.0 Å². The Hall–Kier alpha value is -2.83. The summed E-state index contributed by atoms with van der Waals surface area (Å²) in [5.74, 6) is 0.183. The average Bonchev–Trinajstić information content (AvgIpc) is 2.90. The van der Waals surface area contributed by atoms with Crippen molar-refractivity contribution in [2.24, 2.45) is 0 Å². The first-order valence-electron chi connectivity index (χ1n) is 9.07. The molecule has 27 heavy (non-hydrogen) atoms. The van der Waals surface area contributed by atoms with Crippen LogP contribution in [-0.4, -0.2) is 38.8 Å². The Kier molecular flexibility index (Phi) is 4.95. The number of amides is 1. The summed E-state index contributed by atoms with van der Waals surface area (Å²) < 4.78 is 6.69. The molecule has 0 atom stereocenters. The van der Waals surface area contributed by atoms with Crippen LogP contribution in [0, 0.1) is 6.92 Å². The lowest BCUT2D eigenvalue weighted by molar-refractivity contribution is 0.0221. The summed E-state index contributed by atoms with van der Waals surface area (Å²) in [6.45, 7) is 8.26. The molecule has 1 aromatic heterocycles. The first kappa shape index (κ1) is 18.9. The van der Waals surface area contributed by atoms with Crippen LogP contribution >= 0.6 is 0 Å². The Balaban J connectivity index is 1.76. The third-order valence-corrected chi connectivity index (χ3v) is 4.40. The molecule has 2 heterocycles. The lowest BCUT2D eigenvalue weighted by atomic mass is 10.1. The zero-order valence-corrected chi connectivity index (χ0v) is 16.3. The van der Waals surface area contributed by atoms with Gasteiger partial charge in [0.15, 0.2) is 0 Å². The van der Waals surface area contributed by atoms with Gasteiger partial charge in [-0.2, -0.15) is 9.78 Å². The molecule has 2 aromatic rings. The highest BCUT2D eigenvalue weighted by Crippen LogP contribution is 2.25. The molecule has 1 aliphatic heterocycles. The summed E-state index contributed by atoms with van der Waals surface area (Å²) in [7, 11) is 0. The Morgan fingerprint density at radius 2 is 2.04 bits per heavy atom. The van der Waals surface area contributed by atoms with Crippen molar-refractivity contribution < 1.29 is 14.3 Å². The second-order valence-electron chi connectivity index (χ2n) is 7.93. The predicted molar refractivity (Wildman–Crippen MR) is 102 cm³/mol. The van der Waals surface area contributed by atoms with E-state index < -0.39 is 5.60 Å². The highest BCUT2D eigenvalue weighted by molar-refractivity contribution is 5.84. The molecular formula is C20H26N4O3. The predicted octanol–water partition coefficient (Wildman–Crippen LogP) is 2.95. The lowest BCUT2D eigenvalue weighted by Gasteiger charge is -2.29. The van der Waals surface area contributed by atoms with Crippen LogP contribution in [0.25, 0.3) is 0 Å². The van der Waals surface area contributed by atoms with Gasteiger partial charge in [0.05, 0.1) is 18.7 Å². The van der Waals surface area contributed by atoms with Gasteiger partial charge in [-0.1, -0.05) is 29.8 Å². The number of aryl methyl sites for hydroxylation is 1. The van der Waals surface area contributed by atoms with Crippen molar-refractivity contribution in [1.29, 1.82) is 0 Å². The summed E-state index contributed by atoms with van der Waals surface area (Å²) in [5.41, 5.74) is 9.13. The number of carbonyl (C=O) groups excluding carboxylic acids is 2. The zero-order chi connectivity index (χ0) is 19.8. The van der Waals surface area contributed by atoms with E-state index in [1.165, 1.54) is 4.68 Å². The van der Waals surface area contributed by atoms with Gasteiger partial charge in [0.1, 0.15) is 11.4 Å². The molecule has 0 aliphatic carbocycles. The minimum atomic E-state index is -0.556. The molecule has 3 rings (SSSR count). The summed E-state index contributed by atoms with van der Waals surface area (Å²) >= 11 is 0. The summed E-state index contributed by atoms with van der Waals surface area (Å²) in [4.78, 5) is 26.6. The maximum Gasteiger partial charge on any atom is 0.410 e. The third-order valence-electron chi connectivity index (χ3n) is 4.40. The number of nitrogen functional groups attached to an aromatic ring is 1. The molecule has 0 unspecified atom stereocenters. The fourth-order valence-electron chi connectivity index (χ4n) is 3.16. The van der Waals surface area contributed by atoms with Crippen LogP contribution < -0.4 is 5.73 Å². The summed E-state index contributed by atoms with van der Waals surface area (Å²) in [5, 5.41) is 4.39. The van der Waals surface area contributed by atoms with Crippen molar-refractivity contribution in [3.63, 3.8) is 0 Å². The Morgan fingerprint density at radius 1 is 1.30 bits per heavy atom. The maximum absolute atomic E-state index is 12.7. The van der Waals surface area contributed by atoms with Crippen molar-refractivity contribution >= 4 is 17.8 Å². The zero-order valence-electron chi connectivity index (χ0n) is 16.3. The van der Waals surface area contributed by atoms with Crippen LogP contribution in [0.15, 0.2) is 24.3 Å². The van der Waals surface area contributed by atoms with Crippen molar-refractivity contribution in [2.75, 3.05) is 12.3 Å². The molecule has 0 radical (unpaired) electrons. The van der Waals surface area contributed by atoms with E-state index in [1.54, 1.807) is 4.90 Å². The standard InChI is InChI=1S/C20H26N4O3/c1-13-6-5-7-14(10-13)11-17(25)24-18(21)15-8-9-23(12-16(15)22-24)19(26)27-20(2,3)4/h5-7,10H,8-9,11-12,21H2,1-4H3. The van der Waals surface area contributed by atoms with Crippen molar-refractivity contribution in [1.82, 2.24) is 14.7 Å². The van der Waals surface area contributed by atoms with Crippen LogP contribution in [0.2, 0.25) is 0 Å². The van der Waals surface area contributed by atoms with Crippen molar-refractivity contribution in [2.45, 2.75) is 52.7 Å². The smallest absolute Gasteiger partial charge is 0.410 e. The molecule has 144 valence electrons. The van der Waals surface area contributed by atoms with Crippen LogP contribution in [0.5, 0.6) is 0 Å². The fourth-order valence-corrected chi connectivity index (χ4v) is 3.16. The molecule has 1 aliphatic rings. The van der Waals surface area contributed by atoms with Gasteiger partial charge in [-0.15, -0.1) is 0 Å². The van der Waals surface area contributed by atoms with Crippen molar-refractivity contribution in [3.8, 4) is 0 Å². The molecule has 0 saturated carbocycles. The van der Waals surface area contributed by atoms with Gasteiger partial charge in [-0.3, -0.25) is 4.79 Å². The largest absolute Gasteiger partial charge is 0.444 e. The monoisotopic (exact) mass is 370 g/mol. The Labute approximate surface area is 159 Å². The highest BCUT2D eigenvalue weighted by Gasteiger charge is 2.30. The van der Waals surface area contributed by atoms with Gasteiger partial charge in [0.2, 0.25) is 0 Å². The first-order valence-corrected chi connectivity index (χ1v) is 9.07. The second kappa shape index (κ2) is 7.06. The van der Waals surface area contributed by atoms with E-state index in [0.717, 1.165) is 16.7 Å². The molecule has 7 nitrogen and oxygen atoms in total. The molecule has 0 fully saturated rings. The van der Waals surface area contributed by atoms with E-state index in [-0.39, 0.29) is 18.4 Å². The van der Waals surface area contributed by atoms with Crippen LogP contribution in [-0.2, 0) is 24.1 Å². The van der Waals surface area contributed by atoms with Gasteiger partial charge in [-0.25, -0.2) is 4.79 Å². The minimum absolute atomic E-state index is 0.184. The SMILES string of the molecule is Cc1cccc(CC(=O)n2nc3c(c2N)CCN(C(=O)OC(C)(C)C)C3)c1. The van der Waals surface area contributed by atoms with E-state index >= 15 is 0 Å². The van der Waals surface area contributed by atoms with E-state index in [0.29, 0.717) is 31.0 Å². The quantitative estimate of drug-likeness (QED) is 0.878. The Bertz CT molecular complexity index is 880. The number of hydrogen-bond acceptors (Lipinski definition) is 5. The van der Waals surface area contributed by atoms with Gasteiger partial charge in [0.25, 0.3) is 5.91 Å². The third kappa shape index (κ3) is 4.30. The number of anilines is 1.